The van der Waals surface area contributed by atoms with E-state index in [-0.39, 0.29) is 12.5 Å². The van der Waals surface area contributed by atoms with Crippen LogP contribution in [0.5, 0.6) is 5.88 Å². The third-order valence-corrected chi connectivity index (χ3v) is 1.75. The van der Waals surface area contributed by atoms with E-state index < -0.39 is 5.97 Å². The number of rotatable bonds is 5. The van der Waals surface area contributed by atoms with Crippen molar-refractivity contribution < 1.29 is 14.3 Å². The summed E-state index contributed by atoms with van der Waals surface area (Å²) in [4.78, 5) is 15.1. The van der Waals surface area contributed by atoms with Gasteiger partial charge in [-0.25, -0.2) is 9.78 Å². The van der Waals surface area contributed by atoms with Crippen LogP contribution in [0.1, 0.15) is 12.6 Å². The van der Waals surface area contributed by atoms with Crippen LogP contribution in [0.25, 0.3) is 6.08 Å². The molecule has 0 aliphatic rings. The second-order valence-electron chi connectivity index (χ2n) is 2.93. The highest BCUT2D eigenvalue weighted by molar-refractivity contribution is 5.71. The van der Waals surface area contributed by atoms with E-state index in [2.05, 4.69) is 11.6 Å². The number of hydrogen-bond donors (Lipinski definition) is 1. The number of ether oxygens (including phenoxy) is 2. The lowest BCUT2D eigenvalue weighted by Gasteiger charge is -2.07. The zero-order chi connectivity index (χ0) is 12.0. The lowest BCUT2D eigenvalue weighted by molar-refractivity contribution is -0.145. The zero-order valence-electron chi connectivity index (χ0n) is 9.10. The molecule has 0 atom stereocenters. The molecule has 0 spiro atoms. The minimum absolute atomic E-state index is 0.203. The van der Waals surface area contributed by atoms with Crippen molar-refractivity contribution in [3.8, 4) is 5.88 Å². The highest BCUT2D eigenvalue weighted by atomic mass is 16.6. The first-order chi connectivity index (χ1) is 7.67. The molecule has 0 bridgehead atoms. The first-order valence-corrected chi connectivity index (χ1v) is 4.84. The standard InChI is InChI=1S/C11H14N2O3/c1-3-8-5-6-9(12)11(13-8)16-7-10(14)15-4-2/h3,5-6H,1,4,7,12H2,2H3. The molecule has 5 nitrogen and oxygen atoms in total. The molecular weight excluding hydrogens is 208 g/mol. The predicted molar refractivity (Wildman–Crippen MR) is 60.9 cm³/mol. The molecule has 0 fully saturated rings. The molecular formula is C11H14N2O3. The highest BCUT2D eigenvalue weighted by Crippen LogP contribution is 2.18. The molecule has 16 heavy (non-hydrogen) atoms. The van der Waals surface area contributed by atoms with Gasteiger partial charge in [0.25, 0.3) is 0 Å². The lowest BCUT2D eigenvalue weighted by Crippen LogP contribution is -2.15. The van der Waals surface area contributed by atoms with Crippen molar-refractivity contribution in [2.75, 3.05) is 18.9 Å². The lowest BCUT2D eigenvalue weighted by atomic mass is 10.3. The predicted octanol–water partition coefficient (Wildman–Crippen LogP) is 1.25. The van der Waals surface area contributed by atoms with Crippen LogP contribution in [0.2, 0.25) is 0 Å². The van der Waals surface area contributed by atoms with Crippen molar-refractivity contribution in [3.63, 3.8) is 0 Å². The third kappa shape index (κ3) is 3.27. The average molecular weight is 222 g/mol. The molecule has 1 rings (SSSR count). The van der Waals surface area contributed by atoms with E-state index in [1.165, 1.54) is 0 Å². The number of hydrogen-bond acceptors (Lipinski definition) is 5. The summed E-state index contributed by atoms with van der Waals surface area (Å²) in [6.45, 7) is 5.42. The number of esters is 1. The number of anilines is 1. The number of nitrogen functional groups attached to an aromatic ring is 1. The number of carbonyl (C=O) groups excluding carboxylic acids is 1. The van der Waals surface area contributed by atoms with Gasteiger partial charge in [0.15, 0.2) is 6.61 Å². The Balaban J connectivity index is 2.65. The fourth-order valence-electron chi connectivity index (χ4n) is 1.02. The summed E-state index contributed by atoms with van der Waals surface area (Å²) < 4.78 is 9.84. The number of nitrogens with zero attached hydrogens (tertiary/aromatic N) is 1. The van der Waals surface area contributed by atoms with E-state index in [0.717, 1.165) is 0 Å². The van der Waals surface area contributed by atoms with Gasteiger partial charge in [-0.2, -0.15) is 0 Å². The first kappa shape index (κ1) is 12.0. The van der Waals surface area contributed by atoms with Gasteiger partial charge in [-0.3, -0.25) is 0 Å². The molecule has 0 unspecified atom stereocenters. The summed E-state index contributed by atoms with van der Waals surface area (Å²) in [6.07, 6.45) is 1.57. The molecule has 0 aromatic carbocycles. The number of nitrogens with two attached hydrogens (primary N) is 1. The van der Waals surface area contributed by atoms with Gasteiger partial charge in [0.1, 0.15) is 0 Å². The topological polar surface area (TPSA) is 74.4 Å². The van der Waals surface area contributed by atoms with Gasteiger partial charge in [0.2, 0.25) is 5.88 Å². The zero-order valence-corrected chi connectivity index (χ0v) is 9.10. The number of aromatic nitrogens is 1. The minimum atomic E-state index is -0.451. The minimum Gasteiger partial charge on any atom is -0.464 e. The molecule has 5 heteroatoms. The highest BCUT2D eigenvalue weighted by Gasteiger charge is 2.07. The Hall–Kier alpha value is -2.04. The Morgan fingerprint density at radius 3 is 3.00 bits per heavy atom. The molecule has 0 radical (unpaired) electrons. The molecule has 0 amide bonds. The van der Waals surface area contributed by atoms with Gasteiger partial charge in [-0.15, -0.1) is 0 Å². The maximum Gasteiger partial charge on any atom is 0.344 e. The van der Waals surface area contributed by atoms with Gasteiger partial charge >= 0.3 is 5.97 Å². The van der Waals surface area contributed by atoms with Gasteiger partial charge in [-0.1, -0.05) is 6.58 Å². The fraction of sp³-hybridized carbons (Fsp3) is 0.273. The Kier molecular flexibility index (Phi) is 4.32. The quantitative estimate of drug-likeness (QED) is 0.759. The van der Waals surface area contributed by atoms with E-state index in [1.54, 1.807) is 25.1 Å². The maximum absolute atomic E-state index is 11.0. The van der Waals surface area contributed by atoms with Gasteiger partial charge < -0.3 is 15.2 Å². The SMILES string of the molecule is C=Cc1ccc(N)c(OCC(=O)OCC)n1. The Bertz CT molecular complexity index is 391. The first-order valence-electron chi connectivity index (χ1n) is 4.84. The molecule has 0 aliphatic heterocycles. The van der Waals surface area contributed by atoms with E-state index in [0.29, 0.717) is 18.0 Å². The van der Waals surface area contributed by atoms with Gasteiger partial charge in [-0.05, 0) is 25.1 Å². The normalized spacial score (nSPS) is 9.56. The molecule has 2 N–H and O–H groups in total. The van der Waals surface area contributed by atoms with E-state index in [4.69, 9.17) is 15.2 Å². The molecule has 0 aliphatic carbocycles. The molecule has 0 saturated heterocycles. The van der Waals surface area contributed by atoms with Crippen molar-refractivity contribution in [1.29, 1.82) is 0 Å². The second kappa shape index (κ2) is 5.75. The van der Waals surface area contributed by atoms with Crippen LogP contribution < -0.4 is 10.5 Å². The summed E-state index contributed by atoms with van der Waals surface area (Å²) in [5, 5.41) is 0. The van der Waals surface area contributed by atoms with E-state index >= 15 is 0 Å². The summed E-state index contributed by atoms with van der Waals surface area (Å²) in [6, 6.07) is 3.35. The van der Waals surface area contributed by atoms with E-state index in [1.807, 2.05) is 0 Å². The van der Waals surface area contributed by atoms with E-state index in [9.17, 15) is 4.79 Å². The van der Waals surface area contributed by atoms with Crippen LogP contribution in [0.4, 0.5) is 5.69 Å². The molecule has 0 saturated carbocycles. The van der Waals surface area contributed by atoms with Crippen molar-refractivity contribution in [2.45, 2.75) is 6.92 Å². The number of carbonyl (C=O) groups is 1. The van der Waals surface area contributed by atoms with Gasteiger partial charge in [0, 0.05) is 0 Å². The summed E-state index contributed by atoms with van der Waals surface area (Å²) in [5.41, 5.74) is 6.63. The molecule has 1 aromatic rings. The monoisotopic (exact) mass is 222 g/mol. The van der Waals surface area contributed by atoms with Crippen LogP contribution in [-0.2, 0) is 9.53 Å². The van der Waals surface area contributed by atoms with Crippen LogP contribution >= 0.6 is 0 Å². The summed E-state index contributed by atoms with van der Waals surface area (Å²) in [7, 11) is 0. The van der Waals surface area contributed by atoms with Crippen LogP contribution in [-0.4, -0.2) is 24.2 Å². The average Bonchev–Trinajstić information content (AvgIpc) is 2.28. The third-order valence-electron chi connectivity index (χ3n) is 1.75. The van der Waals surface area contributed by atoms with Crippen LogP contribution in [0, 0.1) is 0 Å². The van der Waals surface area contributed by atoms with Crippen LogP contribution in [0.3, 0.4) is 0 Å². The summed E-state index contributed by atoms with van der Waals surface area (Å²) in [5.74, 6) is -0.238. The fourth-order valence-corrected chi connectivity index (χ4v) is 1.02. The van der Waals surface area contributed by atoms with Crippen molar-refractivity contribution in [3.05, 3.63) is 24.4 Å². The maximum atomic E-state index is 11.0. The molecule has 1 heterocycles. The van der Waals surface area contributed by atoms with Gasteiger partial charge in [0.05, 0.1) is 18.0 Å². The Morgan fingerprint density at radius 1 is 1.62 bits per heavy atom. The smallest absolute Gasteiger partial charge is 0.344 e. The number of pyridine rings is 1. The molecule has 1 aromatic heterocycles. The summed E-state index contributed by atoms with van der Waals surface area (Å²) >= 11 is 0. The molecule has 86 valence electrons. The van der Waals surface area contributed by atoms with Crippen molar-refractivity contribution in [2.24, 2.45) is 0 Å². The largest absolute Gasteiger partial charge is 0.464 e. The van der Waals surface area contributed by atoms with Crippen molar-refractivity contribution >= 4 is 17.7 Å². The van der Waals surface area contributed by atoms with Crippen LogP contribution in [0.15, 0.2) is 18.7 Å². The van der Waals surface area contributed by atoms with Crippen molar-refractivity contribution in [1.82, 2.24) is 4.98 Å². The Morgan fingerprint density at radius 2 is 2.38 bits per heavy atom. The Labute approximate surface area is 93.9 Å². The second-order valence-corrected chi connectivity index (χ2v) is 2.93.